The van der Waals surface area contributed by atoms with Gasteiger partial charge in [-0.1, -0.05) is 0 Å². The van der Waals surface area contributed by atoms with Crippen LogP contribution in [0.25, 0.3) is 22.1 Å². The van der Waals surface area contributed by atoms with Crippen LogP contribution in [0.4, 0.5) is 5.82 Å². The van der Waals surface area contributed by atoms with Gasteiger partial charge in [0.1, 0.15) is 30.6 Å². The Morgan fingerprint density at radius 1 is 1.15 bits per heavy atom. The Kier molecular flexibility index (Phi) is 3.83. The molecular formula is C19H18N6O2. The van der Waals surface area contributed by atoms with Crippen LogP contribution in [-0.2, 0) is 4.74 Å². The average Bonchev–Trinajstić information content (AvgIpc) is 3.33. The number of hydrogen-bond donors (Lipinski definition) is 1. The van der Waals surface area contributed by atoms with Gasteiger partial charge in [-0.25, -0.2) is 15.0 Å². The van der Waals surface area contributed by atoms with Gasteiger partial charge in [0.05, 0.1) is 11.5 Å². The minimum absolute atomic E-state index is 0.00661. The van der Waals surface area contributed by atoms with Crippen LogP contribution >= 0.6 is 0 Å². The van der Waals surface area contributed by atoms with Crippen molar-refractivity contribution < 1.29 is 9.47 Å². The lowest BCUT2D eigenvalue weighted by Crippen LogP contribution is -2.19. The minimum Gasteiger partial charge on any atom is -0.475 e. The van der Waals surface area contributed by atoms with Gasteiger partial charge in [-0.3, -0.25) is 0 Å². The molecule has 0 radical (unpaired) electrons. The van der Waals surface area contributed by atoms with Crippen molar-refractivity contribution in [3.63, 3.8) is 0 Å². The predicted octanol–water partition coefficient (Wildman–Crippen LogP) is 2.71. The second kappa shape index (κ2) is 6.48. The second-order valence-electron chi connectivity index (χ2n) is 6.52. The lowest BCUT2D eigenvalue weighted by Gasteiger charge is -2.16. The van der Waals surface area contributed by atoms with E-state index in [9.17, 15) is 0 Å². The van der Waals surface area contributed by atoms with Gasteiger partial charge < -0.3 is 19.8 Å². The molecule has 0 saturated carbocycles. The van der Waals surface area contributed by atoms with E-state index in [4.69, 9.17) is 15.2 Å². The van der Waals surface area contributed by atoms with E-state index in [2.05, 4.69) is 19.9 Å². The van der Waals surface area contributed by atoms with Crippen LogP contribution in [0, 0.1) is 0 Å². The molecule has 0 aliphatic carbocycles. The third-order valence-corrected chi connectivity index (χ3v) is 4.79. The number of rotatable bonds is 4. The number of nitrogens with zero attached hydrogens (tertiary/aromatic N) is 5. The first kappa shape index (κ1) is 16.0. The van der Waals surface area contributed by atoms with Gasteiger partial charge in [0.15, 0.2) is 5.65 Å². The molecule has 0 spiro atoms. The molecule has 5 heterocycles. The molecule has 8 nitrogen and oxygen atoms in total. The SMILES string of the molecule is Nc1ncnc2c1ccn2C1CC[C@@H](COc2ccc3cccnc3n2)O1. The number of fused-ring (bicyclic) bond motifs is 2. The summed E-state index contributed by atoms with van der Waals surface area (Å²) in [5.41, 5.74) is 7.38. The van der Waals surface area contributed by atoms with Crippen molar-refractivity contribution in [2.24, 2.45) is 0 Å². The molecule has 27 heavy (non-hydrogen) atoms. The molecule has 0 aromatic carbocycles. The van der Waals surface area contributed by atoms with E-state index in [0.29, 0.717) is 24.0 Å². The van der Waals surface area contributed by atoms with E-state index in [-0.39, 0.29) is 12.3 Å². The molecule has 1 aliphatic heterocycles. The molecule has 0 amide bonds. The van der Waals surface area contributed by atoms with E-state index in [1.807, 2.05) is 41.1 Å². The largest absolute Gasteiger partial charge is 0.475 e. The van der Waals surface area contributed by atoms with Gasteiger partial charge in [0.25, 0.3) is 0 Å². The van der Waals surface area contributed by atoms with Gasteiger partial charge in [-0.05, 0) is 37.1 Å². The van der Waals surface area contributed by atoms with Gasteiger partial charge in [-0.2, -0.15) is 4.98 Å². The van der Waals surface area contributed by atoms with Crippen molar-refractivity contribution >= 4 is 27.9 Å². The summed E-state index contributed by atoms with van der Waals surface area (Å²) in [6.45, 7) is 0.443. The average molecular weight is 362 g/mol. The van der Waals surface area contributed by atoms with E-state index in [0.717, 1.165) is 29.3 Å². The van der Waals surface area contributed by atoms with Crippen LogP contribution in [0.1, 0.15) is 19.1 Å². The lowest BCUT2D eigenvalue weighted by molar-refractivity contribution is -0.0162. The third-order valence-electron chi connectivity index (χ3n) is 4.79. The Labute approximate surface area is 155 Å². The summed E-state index contributed by atoms with van der Waals surface area (Å²) in [7, 11) is 0. The van der Waals surface area contributed by atoms with Crippen molar-refractivity contribution in [1.29, 1.82) is 0 Å². The maximum absolute atomic E-state index is 6.16. The maximum atomic E-state index is 6.16. The first-order valence-electron chi connectivity index (χ1n) is 8.85. The first-order chi connectivity index (χ1) is 13.3. The molecule has 5 rings (SSSR count). The van der Waals surface area contributed by atoms with Crippen LogP contribution in [-0.4, -0.2) is 37.2 Å². The minimum atomic E-state index is -0.0865. The van der Waals surface area contributed by atoms with Crippen LogP contribution in [0.15, 0.2) is 49.1 Å². The highest BCUT2D eigenvalue weighted by Crippen LogP contribution is 2.32. The summed E-state index contributed by atoms with van der Waals surface area (Å²) in [5.74, 6) is 1.03. The van der Waals surface area contributed by atoms with Gasteiger partial charge in [-0.15, -0.1) is 0 Å². The zero-order valence-electron chi connectivity index (χ0n) is 14.5. The van der Waals surface area contributed by atoms with E-state index < -0.39 is 0 Å². The molecular weight excluding hydrogens is 344 g/mol. The number of anilines is 1. The Morgan fingerprint density at radius 2 is 2.11 bits per heavy atom. The number of nitrogen functional groups attached to an aromatic ring is 1. The van der Waals surface area contributed by atoms with Crippen molar-refractivity contribution in [1.82, 2.24) is 24.5 Å². The first-order valence-corrected chi connectivity index (χ1v) is 8.85. The molecule has 1 aliphatic rings. The van der Waals surface area contributed by atoms with Crippen molar-refractivity contribution in [2.75, 3.05) is 12.3 Å². The molecule has 1 saturated heterocycles. The molecule has 8 heteroatoms. The summed E-state index contributed by atoms with van der Waals surface area (Å²) >= 11 is 0. The number of hydrogen-bond acceptors (Lipinski definition) is 7. The van der Waals surface area contributed by atoms with E-state index in [1.54, 1.807) is 6.20 Å². The quantitative estimate of drug-likeness (QED) is 0.595. The second-order valence-corrected chi connectivity index (χ2v) is 6.52. The Hall–Kier alpha value is -3.26. The predicted molar refractivity (Wildman–Crippen MR) is 100 cm³/mol. The van der Waals surface area contributed by atoms with Gasteiger partial charge in [0, 0.05) is 23.8 Å². The summed E-state index contributed by atoms with van der Waals surface area (Å²) in [5, 5.41) is 1.83. The number of nitrogens with two attached hydrogens (primary N) is 1. The van der Waals surface area contributed by atoms with Crippen LogP contribution in [0.2, 0.25) is 0 Å². The summed E-state index contributed by atoms with van der Waals surface area (Å²) in [6, 6.07) is 9.60. The zero-order chi connectivity index (χ0) is 18.2. The molecule has 0 bridgehead atoms. The molecule has 1 fully saturated rings. The van der Waals surface area contributed by atoms with E-state index in [1.165, 1.54) is 6.33 Å². The molecule has 2 atom stereocenters. The fourth-order valence-corrected chi connectivity index (χ4v) is 3.43. The monoisotopic (exact) mass is 362 g/mol. The Bertz CT molecular complexity index is 1110. The standard InChI is InChI=1S/C19H18N6O2/c20-17-14-7-9-25(19(14)23-11-22-17)16-6-4-13(27-16)10-26-15-5-3-12-2-1-8-21-18(12)24-15/h1-3,5,7-9,11,13,16H,4,6,10H2,(H2,20,22,23)/t13-,16?/m0/s1. The van der Waals surface area contributed by atoms with Crippen LogP contribution < -0.4 is 10.5 Å². The fourth-order valence-electron chi connectivity index (χ4n) is 3.43. The highest BCUT2D eigenvalue weighted by atomic mass is 16.6. The molecule has 4 aromatic heterocycles. The van der Waals surface area contributed by atoms with Crippen molar-refractivity contribution in [3.05, 3.63) is 49.1 Å². The van der Waals surface area contributed by atoms with E-state index >= 15 is 0 Å². The highest BCUT2D eigenvalue weighted by Gasteiger charge is 2.28. The number of pyridine rings is 2. The van der Waals surface area contributed by atoms with Crippen LogP contribution in [0.3, 0.4) is 0 Å². The van der Waals surface area contributed by atoms with Crippen molar-refractivity contribution in [2.45, 2.75) is 25.2 Å². The molecule has 4 aromatic rings. The number of ether oxygens (including phenoxy) is 2. The maximum Gasteiger partial charge on any atom is 0.215 e. The molecule has 136 valence electrons. The Balaban J connectivity index is 1.27. The topological polar surface area (TPSA) is 101 Å². The molecule has 1 unspecified atom stereocenters. The normalized spacial score (nSPS) is 19.7. The summed E-state index contributed by atoms with van der Waals surface area (Å²) in [4.78, 5) is 17.1. The molecule has 2 N–H and O–H groups in total. The smallest absolute Gasteiger partial charge is 0.215 e. The summed E-state index contributed by atoms with van der Waals surface area (Å²) in [6.07, 6.45) is 6.83. The summed E-state index contributed by atoms with van der Waals surface area (Å²) < 4.78 is 14.0. The Morgan fingerprint density at radius 3 is 3.07 bits per heavy atom. The fraction of sp³-hybridized carbons (Fsp3) is 0.263. The van der Waals surface area contributed by atoms with Crippen molar-refractivity contribution in [3.8, 4) is 5.88 Å². The zero-order valence-corrected chi connectivity index (χ0v) is 14.5. The lowest BCUT2D eigenvalue weighted by atomic mass is 10.2. The highest BCUT2D eigenvalue weighted by molar-refractivity contribution is 5.86. The van der Waals surface area contributed by atoms with Gasteiger partial charge in [0.2, 0.25) is 5.88 Å². The van der Waals surface area contributed by atoms with Gasteiger partial charge >= 0.3 is 0 Å². The third kappa shape index (κ3) is 2.93. The van der Waals surface area contributed by atoms with Crippen LogP contribution in [0.5, 0.6) is 5.88 Å². The number of aromatic nitrogens is 5.